The molecule has 1 unspecified atom stereocenters. The van der Waals surface area contributed by atoms with Crippen LogP contribution in [0.4, 0.5) is 0 Å². The fourth-order valence-corrected chi connectivity index (χ4v) is 3.90. The number of carbonyl (C=O) groups is 2. The summed E-state index contributed by atoms with van der Waals surface area (Å²) in [5.74, 6) is -0.409. The number of aromatic nitrogens is 4. The van der Waals surface area contributed by atoms with Crippen molar-refractivity contribution in [1.29, 1.82) is 0 Å². The second kappa shape index (κ2) is 8.66. The Bertz CT molecular complexity index is 1040. The highest BCUT2D eigenvalue weighted by atomic mass is 16.2. The second-order valence-electron chi connectivity index (χ2n) is 7.79. The van der Waals surface area contributed by atoms with Gasteiger partial charge in [0, 0.05) is 56.9 Å². The molecule has 0 saturated carbocycles. The van der Waals surface area contributed by atoms with E-state index in [0.29, 0.717) is 18.8 Å². The molecule has 9 nitrogen and oxygen atoms in total. The lowest BCUT2D eigenvalue weighted by molar-refractivity contribution is -0.132. The van der Waals surface area contributed by atoms with Crippen LogP contribution in [0.25, 0.3) is 10.9 Å². The Hall–Kier alpha value is -3.20. The van der Waals surface area contributed by atoms with Crippen LogP contribution in [0.3, 0.4) is 0 Å². The Kier molecular flexibility index (Phi) is 5.80. The second-order valence-corrected chi connectivity index (χ2v) is 7.79. The summed E-state index contributed by atoms with van der Waals surface area (Å²) >= 11 is 0. The number of rotatable bonds is 5. The first-order valence-electron chi connectivity index (χ1n) is 10.2. The number of benzene rings is 1. The molecule has 2 amide bonds. The first-order valence-corrected chi connectivity index (χ1v) is 10.2. The van der Waals surface area contributed by atoms with Gasteiger partial charge in [0.1, 0.15) is 6.04 Å². The molecule has 0 radical (unpaired) electrons. The smallest absolute Gasteiger partial charge is 0.273 e. The van der Waals surface area contributed by atoms with Crippen LogP contribution in [0.15, 0.2) is 36.7 Å². The molecule has 0 spiro atoms. The summed E-state index contributed by atoms with van der Waals surface area (Å²) in [7, 11) is 1.91. The van der Waals surface area contributed by atoms with Crippen LogP contribution >= 0.6 is 0 Å². The molecule has 3 aromatic rings. The van der Waals surface area contributed by atoms with Crippen molar-refractivity contribution < 1.29 is 9.59 Å². The summed E-state index contributed by atoms with van der Waals surface area (Å²) < 4.78 is 1.80. The summed E-state index contributed by atoms with van der Waals surface area (Å²) in [6, 6.07) is 6.83. The first kappa shape index (κ1) is 20.1. The minimum atomic E-state index is -0.613. The molecule has 1 aliphatic rings. The number of aryl methyl sites for hydroxylation is 1. The van der Waals surface area contributed by atoms with E-state index in [9.17, 15) is 9.59 Å². The van der Waals surface area contributed by atoms with E-state index < -0.39 is 6.04 Å². The van der Waals surface area contributed by atoms with E-state index in [1.54, 1.807) is 11.6 Å². The quantitative estimate of drug-likeness (QED) is 0.659. The number of carbonyl (C=O) groups excluding carboxylic acids is 2. The van der Waals surface area contributed by atoms with Crippen LogP contribution in [-0.2, 0) is 18.4 Å². The lowest BCUT2D eigenvalue weighted by Crippen LogP contribution is -2.48. The molecule has 158 valence electrons. The van der Waals surface area contributed by atoms with Crippen LogP contribution in [0, 0.1) is 0 Å². The highest BCUT2D eigenvalue weighted by Gasteiger charge is 2.26. The van der Waals surface area contributed by atoms with Crippen molar-refractivity contribution in [3.05, 3.63) is 47.9 Å². The number of nitrogens with zero attached hydrogens (tertiary/aromatic N) is 5. The summed E-state index contributed by atoms with van der Waals surface area (Å²) in [5.41, 5.74) is 2.27. The Balaban J connectivity index is 1.33. The Morgan fingerprint density at radius 1 is 1.20 bits per heavy atom. The van der Waals surface area contributed by atoms with Gasteiger partial charge in [-0.1, -0.05) is 18.2 Å². The van der Waals surface area contributed by atoms with E-state index in [1.807, 2.05) is 48.6 Å². The molecule has 1 saturated heterocycles. The summed E-state index contributed by atoms with van der Waals surface area (Å²) in [4.78, 5) is 29.8. The maximum atomic E-state index is 12.9. The topological polar surface area (TPSA) is 99.1 Å². The highest BCUT2D eigenvalue weighted by molar-refractivity contribution is 6.05. The van der Waals surface area contributed by atoms with Gasteiger partial charge in [-0.3, -0.25) is 24.3 Å². The van der Waals surface area contributed by atoms with Crippen molar-refractivity contribution in [2.45, 2.75) is 25.9 Å². The minimum Gasteiger partial charge on any atom is -0.340 e. The molecular formula is C21H27N7O2. The van der Waals surface area contributed by atoms with Gasteiger partial charge in [-0.15, -0.1) is 0 Å². The van der Waals surface area contributed by atoms with Gasteiger partial charge in [-0.2, -0.15) is 10.2 Å². The van der Waals surface area contributed by atoms with Crippen LogP contribution in [0.1, 0.15) is 29.4 Å². The average Bonchev–Trinajstić information content (AvgIpc) is 3.27. The van der Waals surface area contributed by atoms with Crippen molar-refractivity contribution in [2.75, 3.05) is 26.2 Å². The Morgan fingerprint density at radius 3 is 2.83 bits per heavy atom. The molecular weight excluding hydrogens is 382 g/mol. The van der Waals surface area contributed by atoms with Gasteiger partial charge >= 0.3 is 0 Å². The third kappa shape index (κ3) is 4.35. The lowest BCUT2D eigenvalue weighted by Gasteiger charge is -2.25. The van der Waals surface area contributed by atoms with E-state index >= 15 is 0 Å². The fraction of sp³-hybridized carbons (Fsp3) is 0.429. The molecule has 4 rings (SSSR count). The molecule has 3 heterocycles. The van der Waals surface area contributed by atoms with Crippen LogP contribution in [-0.4, -0.2) is 73.8 Å². The normalized spacial score (nSPS) is 16.4. The van der Waals surface area contributed by atoms with E-state index in [4.69, 9.17) is 0 Å². The zero-order chi connectivity index (χ0) is 21.1. The van der Waals surface area contributed by atoms with Crippen molar-refractivity contribution in [3.63, 3.8) is 0 Å². The zero-order valence-electron chi connectivity index (χ0n) is 17.3. The Morgan fingerprint density at radius 2 is 2.03 bits per heavy atom. The maximum Gasteiger partial charge on any atom is 0.273 e. The van der Waals surface area contributed by atoms with Crippen LogP contribution < -0.4 is 5.32 Å². The number of H-pyrrole nitrogens is 1. The number of nitrogens with one attached hydrogen (secondary N) is 2. The lowest BCUT2D eigenvalue weighted by atomic mass is 10.2. The van der Waals surface area contributed by atoms with Crippen LogP contribution in [0.2, 0.25) is 0 Å². The van der Waals surface area contributed by atoms with Crippen molar-refractivity contribution in [2.24, 2.45) is 7.05 Å². The molecule has 2 aromatic heterocycles. The molecule has 1 aliphatic heterocycles. The standard InChI is InChI=1S/C21H27N7O2/c1-15(23-20(29)19-17-6-3-4-7-18(17)24-25-19)21(30)28-9-5-8-27(10-11-28)14-16-12-22-26(2)13-16/h3-4,6-7,12-13,15H,5,8-11,14H2,1-2H3,(H,23,29)(H,24,25). The van der Waals surface area contributed by atoms with Crippen molar-refractivity contribution in [1.82, 2.24) is 35.1 Å². The summed E-state index contributed by atoms with van der Waals surface area (Å²) in [6.07, 6.45) is 4.80. The van der Waals surface area contributed by atoms with Gasteiger partial charge in [0.15, 0.2) is 5.69 Å². The van der Waals surface area contributed by atoms with Gasteiger partial charge in [-0.25, -0.2) is 0 Å². The molecule has 2 N–H and O–H groups in total. The molecule has 1 aromatic carbocycles. The maximum absolute atomic E-state index is 12.9. The van der Waals surface area contributed by atoms with Crippen molar-refractivity contribution >= 4 is 22.7 Å². The first-order chi connectivity index (χ1) is 14.5. The molecule has 1 atom stereocenters. The SMILES string of the molecule is CC(NC(=O)c1n[nH]c2ccccc12)C(=O)N1CCCN(Cc2cnn(C)c2)CC1. The number of fused-ring (bicyclic) bond motifs is 1. The third-order valence-corrected chi connectivity index (χ3v) is 5.47. The van der Waals surface area contributed by atoms with E-state index in [0.717, 1.165) is 37.0 Å². The van der Waals surface area contributed by atoms with Gasteiger partial charge in [0.05, 0.1) is 11.7 Å². The Labute approximate surface area is 175 Å². The number of hydrogen-bond acceptors (Lipinski definition) is 5. The number of hydrogen-bond donors (Lipinski definition) is 2. The third-order valence-electron chi connectivity index (χ3n) is 5.47. The van der Waals surface area contributed by atoms with Gasteiger partial charge in [0.25, 0.3) is 5.91 Å². The van der Waals surface area contributed by atoms with Crippen molar-refractivity contribution in [3.8, 4) is 0 Å². The minimum absolute atomic E-state index is 0.0635. The van der Waals surface area contributed by atoms with E-state index in [2.05, 4.69) is 25.5 Å². The van der Waals surface area contributed by atoms with E-state index in [1.165, 1.54) is 5.56 Å². The highest BCUT2D eigenvalue weighted by Crippen LogP contribution is 2.15. The van der Waals surface area contributed by atoms with E-state index in [-0.39, 0.29) is 11.8 Å². The van der Waals surface area contributed by atoms with Gasteiger partial charge in [-0.05, 0) is 19.4 Å². The molecule has 1 fully saturated rings. The molecule has 9 heteroatoms. The largest absolute Gasteiger partial charge is 0.340 e. The monoisotopic (exact) mass is 409 g/mol. The predicted octanol–water partition coefficient (Wildman–Crippen LogP) is 1.15. The summed E-state index contributed by atoms with van der Waals surface area (Å²) in [5, 5.41) is 14.7. The predicted molar refractivity (Wildman–Crippen MR) is 113 cm³/mol. The zero-order valence-corrected chi connectivity index (χ0v) is 17.3. The molecule has 30 heavy (non-hydrogen) atoms. The molecule has 0 aliphatic carbocycles. The van der Waals surface area contributed by atoms with Crippen LogP contribution in [0.5, 0.6) is 0 Å². The number of aromatic amines is 1. The fourth-order valence-electron chi connectivity index (χ4n) is 3.90. The molecule has 0 bridgehead atoms. The number of amides is 2. The van der Waals surface area contributed by atoms with Gasteiger partial charge in [0.2, 0.25) is 5.91 Å². The average molecular weight is 409 g/mol. The van der Waals surface area contributed by atoms with Gasteiger partial charge < -0.3 is 10.2 Å². The number of para-hydroxylation sites is 1. The summed E-state index contributed by atoms with van der Waals surface area (Å²) in [6.45, 7) is 5.62.